The van der Waals surface area contributed by atoms with E-state index in [9.17, 15) is 24.9 Å². The monoisotopic (exact) mass is 298 g/mol. The van der Waals surface area contributed by atoms with Crippen LogP contribution in [0.1, 0.15) is 20.8 Å². The molecule has 3 N–H and O–H groups in total. The Kier molecular flexibility index (Phi) is 3.03. The van der Waals surface area contributed by atoms with Crippen molar-refractivity contribution in [2.75, 3.05) is 0 Å². The van der Waals surface area contributed by atoms with Crippen LogP contribution < -0.4 is 0 Å². The Morgan fingerprint density at radius 3 is 2.36 bits per heavy atom. The first-order chi connectivity index (χ1) is 10.5. The number of hydrogen-bond acceptors (Lipinski definition) is 4. The zero-order chi connectivity index (χ0) is 15.9. The highest BCUT2D eigenvalue weighted by molar-refractivity contribution is 6.04. The number of phenols is 1. The van der Waals surface area contributed by atoms with Crippen molar-refractivity contribution in [1.29, 1.82) is 0 Å². The molecule has 0 saturated heterocycles. The molecule has 0 aliphatic carbocycles. The van der Waals surface area contributed by atoms with Crippen LogP contribution in [0.4, 0.5) is 0 Å². The van der Waals surface area contributed by atoms with E-state index < -0.39 is 11.9 Å². The Morgan fingerprint density at radius 2 is 1.73 bits per heavy atom. The van der Waals surface area contributed by atoms with Gasteiger partial charge in [-0.15, -0.1) is 0 Å². The quantitative estimate of drug-likeness (QED) is 0.682. The smallest absolute Gasteiger partial charge is 0.356 e. The number of aromatic nitrogens is 2. The van der Waals surface area contributed by atoms with Crippen LogP contribution in [0, 0.1) is 0 Å². The first-order valence-electron chi connectivity index (χ1n) is 6.26. The number of fused-ring (bicyclic) bond motifs is 1. The first kappa shape index (κ1) is 13.6. The largest absolute Gasteiger partial charge is 0.507 e. The van der Waals surface area contributed by atoms with Gasteiger partial charge in [-0.3, -0.25) is 4.40 Å². The van der Waals surface area contributed by atoms with E-state index in [-0.39, 0.29) is 28.3 Å². The number of carboxylic acids is 2. The lowest BCUT2D eigenvalue weighted by Gasteiger charge is -2.04. The van der Waals surface area contributed by atoms with Gasteiger partial charge in [-0.05, 0) is 24.3 Å². The maximum atomic E-state index is 11.4. The number of hydrogen-bond donors (Lipinski definition) is 3. The number of phenolic OH excluding ortho intramolecular Hbond substituents is 1. The minimum Gasteiger partial charge on any atom is -0.507 e. The Hall–Kier alpha value is -3.35. The van der Waals surface area contributed by atoms with E-state index >= 15 is 0 Å². The molecule has 2 aromatic heterocycles. The highest BCUT2D eigenvalue weighted by atomic mass is 16.4. The summed E-state index contributed by atoms with van der Waals surface area (Å²) < 4.78 is 1.35. The molecule has 110 valence electrons. The molecule has 3 rings (SSSR count). The molecular formula is C15H10N2O5. The van der Waals surface area contributed by atoms with E-state index in [1.54, 1.807) is 18.2 Å². The number of carbonyl (C=O) groups is 2. The van der Waals surface area contributed by atoms with Gasteiger partial charge in [0.05, 0.1) is 16.6 Å². The van der Waals surface area contributed by atoms with Crippen molar-refractivity contribution in [1.82, 2.24) is 9.38 Å². The summed E-state index contributed by atoms with van der Waals surface area (Å²) >= 11 is 0. The second kappa shape index (κ2) is 4.88. The summed E-state index contributed by atoms with van der Waals surface area (Å²) in [5.74, 6) is -2.51. The summed E-state index contributed by atoms with van der Waals surface area (Å²) in [5.41, 5.74) is -0.265. The summed E-state index contributed by atoms with van der Waals surface area (Å²) in [6.45, 7) is 0. The third kappa shape index (κ3) is 1.96. The number of carboxylic acid groups (broad SMARTS) is 2. The molecule has 1 aromatic carbocycles. The topological polar surface area (TPSA) is 112 Å². The lowest BCUT2D eigenvalue weighted by Crippen LogP contribution is -2.04. The molecule has 0 fully saturated rings. The van der Waals surface area contributed by atoms with Gasteiger partial charge in [-0.25, -0.2) is 14.6 Å². The summed E-state index contributed by atoms with van der Waals surface area (Å²) in [6.07, 6.45) is 1.50. The highest BCUT2D eigenvalue weighted by Crippen LogP contribution is 2.30. The fourth-order valence-electron chi connectivity index (χ4n) is 2.31. The predicted octanol–water partition coefficient (Wildman–Crippen LogP) is 2.10. The number of rotatable bonds is 3. The average molecular weight is 298 g/mol. The van der Waals surface area contributed by atoms with Crippen LogP contribution in [0.3, 0.4) is 0 Å². The predicted molar refractivity (Wildman–Crippen MR) is 76.2 cm³/mol. The number of imidazole rings is 1. The molecule has 0 saturated carbocycles. The Balaban J connectivity index is 2.44. The van der Waals surface area contributed by atoms with Crippen LogP contribution in [0.5, 0.6) is 5.75 Å². The van der Waals surface area contributed by atoms with Crippen LogP contribution in [0.2, 0.25) is 0 Å². The van der Waals surface area contributed by atoms with Gasteiger partial charge in [0.2, 0.25) is 0 Å². The van der Waals surface area contributed by atoms with Gasteiger partial charge in [0.15, 0.2) is 5.69 Å². The molecule has 22 heavy (non-hydrogen) atoms. The summed E-state index contributed by atoms with van der Waals surface area (Å²) in [5, 5.41) is 28.5. The number of aromatic carboxylic acids is 2. The minimum atomic E-state index is -1.34. The fourth-order valence-corrected chi connectivity index (χ4v) is 2.31. The van der Waals surface area contributed by atoms with Crippen molar-refractivity contribution in [3.05, 3.63) is 53.9 Å². The number of benzene rings is 1. The van der Waals surface area contributed by atoms with Crippen molar-refractivity contribution >= 4 is 17.5 Å². The van der Waals surface area contributed by atoms with Crippen LogP contribution >= 0.6 is 0 Å². The van der Waals surface area contributed by atoms with Gasteiger partial charge in [0.1, 0.15) is 11.6 Å². The SMILES string of the molecule is O=C(O)c1cccn2c(-c3ccccc3O)nc(C(=O)O)c12. The summed E-state index contributed by atoms with van der Waals surface area (Å²) in [7, 11) is 0. The van der Waals surface area contributed by atoms with Crippen molar-refractivity contribution in [2.45, 2.75) is 0 Å². The molecule has 0 amide bonds. The van der Waals surface area contributed by atoms with E-state index in [0.29, 0.717) is 5.56 Å². The van der Waals surface area contributed by atoms with Crippen LogP contribution in [-0.4, -0.2) is 36.6 Å². The minimum absolute atomic E-state index is 0.0271. The molecule has 0 aliphatic heterocycles. The van der Waals surface area contributed by atoms with Crippen LogP contribution in [0.15, 0.2) is 42.6 Å². The van der Waals surface area contributed by atoms with E-state index in [1.807, 2.05) is 0 Å². The second-order valence-corrected chi connectivity index (χ2v) is 4.55. The van der Waals surface area contributed by atoms with Crippen LogP contribution in [0.25, 0.3) is 16.9 Å². The van der Waals surface area contributed by atoms with E-state index in [4.69, 9.17) is 0 Å². The van der Waals surface area contributed by atoms with Crippen molar-refractivity contribution < 1.29 is 24.9 Å². The normalized spacial score (nSPS) is 10.7. The average Bonchev–Trinajstić information content (AvgIpc) is 2.87. The van der Waals surface area contributed by atoms with Crippen molar-refractivity contribution in [3.63, 3.8) is 0 Å². The van der Waals surface area contributed by atoms with Crippen LogP contribution in [-0.2, 0) is 0 Å². The van der Waals surface area contributed by atoms with Crippen molar-refractivity contribution in [2.24, 2.45) is 0 Å². The Bertz CT molecular complexity index is 913. The molecule has 2 heterocycles. The molecule has 0 spiro atoms. The third-order valence-corrected chi connectivity index (χ3v) is 3.24. The maximum Gasteiger partial charge on any atom is 0.356 e. The van der Waals surface area contributed by atoms with E-state index in [0.717, 1.165) is 0 Å². The lowest BCUT2D eigenvalue weighted by atomic mass is 10.2. The maximum absolute atomic E-state index is 11.4. The first-order valence-corrected chi connectivity index (χ1v) is 6.26. The van der Waals surface area contributed by atoms with Gasteiger partial charge in [0, 0.05) is 6.20 Å². The van der Waals surface area contributed by atoms with Crippen molar-refractivity contribution in [3.8, 4) is 17.1 Å². The number of aromatic hydroxyl groups is 1. The molecule has 0 radical (unpaired) electrons. The molecule has 0 bridgehead atoms. The Labute approximate surface area is 123 Å². The second-order valence-electron chi connectivity index (χ2n) is 4.55. The van der Waals surface area contributed by atoms with Gasteiger partial charge in [0.25, 0.3) is 0 Å². The van der Waals surface area contributed by atoms with E-state index in [2.05, 4.69) is 4.98 Å². The highest BCUT2D eigenvalue weighted by Gasteiger charge is 2.23. The third-order valence-electron chi connectivity index (χ3n) is 3.24. The molecule has 7 nitrogen and oxygen atoms in total. The number of para-hydroxylation sites is 1. The lowest BCUT2D eigenvalue weighted by molar-refractivity contribution is 0.0691. The number of pyridine rings is 1. The summed E-state index contributed by atoms with van der Waals surface area (Å²) in [4.78, 5) is 26.7. The molecule has 0 unspecified atom stereocenters. The fraction of sp³-hybridized carbons (Fsp3) is 0. The van der Waals surface area contributed by atoms with Gasteiger partial charge < -0.3 is 15.3 Å². The Morgan fingerprint density at radius 1 is 1.00 bits per heavy atom. The number of nitrogens with zero attached hydrogens (tertiary/aromatic N) is 2. The molecular weight excluding hydrogens is 288 g/mol. The molecule has 3 aromatic rings. The molecule has 0 aliphatic rings. The zero-order valence-corrected chi connectivity index (χ0v) is 11.1. The summed E-state index contributed by atoms with van der Waals surface area (Å²) in [6, 6.07) is 9.09. The zero-order valence-electron chi connectivity index (χ0n) is 11.1. The van der Waals surface area contributed by atoms with Gasteiger partial charge in [-0.1, -0.05) is 12.1 Å². The standard InChI is InChI=1S/C15H10N2O5/c18-10-6-2-1-4-8(10)13-16-11(15(21)22)12-9(14(19)20)5-3-7-17(12)13/h1-7,18H,(H,19,20)(H,21,22). The van der Waals surface area contributed by atoms with Gasteiger partial charge >= 0.3 is 11.9 Å². The molecule has 7 heteroatoms. The van der Waals surface area contributed by atoms with E-state index in [1.165, 1.54) is 28.8 Å². The molecule has 0 atom stereocenters. The van der Waals surface area contributed by atoms with Gasteiger partial charge in [-0.2, -0.15) is 0 Å².